The van der Waals surface area contributed by atoms with Crippen molar-refractivity contribution in [1.82, 2.24) is 0 Å². The number of carbonyl (C=O) groups is 1. The summed E-state index contributed by atoms with van der Waals surface area (Å²) in [6.45, 7) is 4.30. The van der Waals surface area contributed by atoms with Crippen LogP contribution in [0.1, 0.15) is 30.5 Å². The van der Waals surface area contributed by atoms with Crippen LogP contribution in [0, 0.1) is 6.92 Å². The molecular weight excluding hydrogens is 218 g/mol. The molecule has 1 aromatic carbocycles. The Morgan fingerprint density at radius 2 is 2.29 bits per heavy atom. The van der Waals surface area contributed by atoms with Gasteiger partial charge in [-0.3, -0.25) is 0 Å². The Kier molecular flexibility index (Phi) is 3.33. The van der Waals surface area contributed by atoms with Crippen LogP contribution in [0.15, 0.2) is 18.2 Å². The zero-order valence-corrected chi connectivity index (χ0v) is 10.1. The SMILES string of the molecule is Cc1ccc([C@@H](C)N)c(OC2CCOC2=O)c1. The van der Waals surface area contributed by atoms with Gasteiger partial charge in [-0.25, -0.2) is 4.79 Å². The normalized spacial score (nSPS) is 21.1. The molecule has 0 aliphatic carbocycles. The van der Waals surface area contributed by atoms with Crippen LogP contribution in [0.25, 0.3) is 0 Å². The average Bonchev–Trinajstić information content (AvgIpc) is 2.64. The third-order valence-electron chi connectivity index (χ3n) is 2.82. The number of esters is 1. The Bertz CT molecular complexity index is 429. The topological polar surface area (TPSA) is 61.6 Å². The molecule has 1 saturated heterocycles. The summed E-state index contributed by atoms with van der Waals surface area (Å²) in [5.41, 5.74) is 7.87. The molecule has 17 heavy (non-hydrogen) atoms. The van der Waals surface area contributed by atoms with Crippen LogP contribution in [0.2, 0.25) is 0 Å². The van der Waals surface area contributed by atoms with E-state index in [-0.39, 0.29) is 12.0 Å². The van der Waals surface area contributed by atoms with Gasteiger partial charge in [0.2, 0.25) is 0 Å². The summed E-state index contributed by atoms with van der Waals surface area (Å²) in [5.74, 6) is 0.394. The highest BCUT2D eigenvalue weighted by molar-refractivity contribution is 5.76. The number of hydrogen-bond acceptors (Lipinski definition) is 4. The zero-order chi connectivity index (χ0) is 12.4. The van der Waals surface area contributed by atoms with Gasteiger partial charge in [0.25, 0.3) is 0 Å². The first-order chi connectivity index (χ1) is 8.08. The van der Waals surface area contributed by atoms with Gasteiger partial charge in [-0.1, -0.05) is 12.1 Å². The van der Waals surface area contributed by atoms with Crippen molar-refractivity contribution in [2.24, 2.45) is 5.73 Å². The highest BCUT2D eigenvalue weighted by Crippen LogP contribution is 2.27. The molecule has 1 fully saturated rings. The molecule has 0 spiro atoms. The molecule has 0 bridgehead atoms. The summed E-state index contributed by atoms with van der Waals surface area (Å²) in [5, 5.41) is 0. The molecule has 1 aliphatic heterocycles. The fourth-order valence-electron chi connectivity index (χ4n) is 1.86. The molecule has 4 heteroatoms. The van der Waals surface area contributed by atoms with E-state index in [1.807, 2.05) is 32.0 Å². The van der Waals surface area contributed by atoms with E-state index in [1.165, 1.54) is 0 Å². The number of benzene rings is 1. The largest absolute Gasteiger partial charge is 0.478 e. The molecule has 0 radical (unpaired) electrons. The van der Waals surface area contributed by atoms with Gasteiger partial charge in [0, 0.05) is 18.0 Å². The summed E-state index contributed by atoms with van der Waals surface area (Å²) < 4.78 is 10.6. The minimum atomic E-state index is -0.491. The van der Waals surface area contributed by atoms with E-state index in [1.54, 1.807) is 0 Å². The molecule has 4 nitrogen and oxygen atoms in total. The van der Waals surface area contributed by atoms with Gasteiger partial charge >= 0.3 is 5.97 Å². The molecule has 2 N–H and O–H groups in total. The number of rotatable bonds is 3. The number of carbonyl (C=O) groups excluding carboxylic acids is 1. The number of ether oxygens (including phenoxy) is 2. The standard InChI is InChI=1S/C13H17NO3/c1-8-3-4-10(9(2)14)12(7-8)17-11-5-6-16-13(11)15/h3-4,7,9,11H,5-6,14H2,1-2H3/t9-,11?/m1/s1. The average molecular weight is 235 g/mol. The van der Waals surface area contributed by atoms with Crippen LogP contribution in [0.4, 0.5) is 0 Å². The maximum Gasteiger partial charge on any atom is 0.347 e. The maximum atomic E-state index is 11.4. The van der Waals surface area contributed by atoms with Crippen LogP contribution in [-0.2, 0) is 9.53 Å². The van der Waals surface area contributed by atoms with Crippen molar-refractivity contribution in [3.05, 3.63) is 29.3 Å². The molecule has 0 saturated carbocycles. The van der Waals surface area contributed by atoms with E-state index < -0.39 is 6.10 Å². The smallest absolute Gasteiger partial charge is 0.347 e. The molecule has 1 unspecified atom stereocenters. The fraction of sp³-hybridized carbons (Fsp3) is 0.462. The lowest BCUT2D eigenvalue weighted by Crippen LogP contribution is -2.23. The second-order valence-corrected chi connectivity index (χ2v) is 4.39. The molecule has 1 aliphatic rings. The fourth-order valence-corrected chi connectivity index (χ4v) is 1.86. The van der Waals surface area contributed by atoms with E-state index in [9.17, 15) is 4.79 Å². The van der Waals surface area contributed by atoms with Crippen LogP contribution in [-0.4, -0.2) is 18.7 Å². The summed E-state index contributed by atoms with van der Waals surface area (Å²) in [7, 11) is 0. The molecule has 2 rings (SSSR count). The molecular formula is C13H17NO3. The van der Waals surface area contributed by atoms with E-state index in [2.05, 4.69) is 0 Å². The van der Waals surface area contributed by atoms with Crippen LogP contribution in [0.5, 0.6) is 5.75 Å². The molecule has 0 aromatic heterocycles. The van der Waals surface area contributed by atoms with Crippen molar-refractivity contribution < 1.29 is 14.3 Å². The van der Waals surface area contributed by atoms with E-state index in [0.29, 0.717) is 18.8 Å². The monoisotopic (exact) mass is 235 g/mol. The lowest BCUT2D eigenvalue weighted by Gasteiger charge is -2.16. The molecule has 1 heterocycles. The van der Waals surface area contributed by atoms with Gasteiger partial charge in [0.1, 0.15) is 5.75 Å². The molecule has 0 amide bonds. The van der Waals surface area contributed by atoms with Gasteiger partial charge in [-0.2, -0.15) is 0 Å². The van der Waals surface area contributed by atoms with Crippen molar-refractivity contribution in [3.8, 4) is 5.75 Å². The highest BCUT2D eigenvalue weighted by atomic mass is 16.6. The van der Waals surface area contributed by atoms with E-state index >= 15 is 0 Å². The lowest BCUT2D eigenvalue weighted by molar-refractivity contribution is -0.143. The molecule has 92 valence electrons. The lowest BCUT2D eigenvalue weighted by atomic mass is 10.1. The van der Waals surface area contributed by atoms with Gasteiger partial charge in [0.05, 0.1) is 6.61 Å². The summed E-state index contributed by atoms with van der Waals surface area (Å²) >= 11 is 0. The number of cyclic esters (lactones) is 1. The molecule has 2 atom stereocenters. The Morgan fingerprint density at radius 1 is 1.53 bits per heavy atom. The zero-order valence-electron chi connectivity index (χ0n) is 10.1. The Hall–Kier alpha value is -1.55. The highest BCUT2D eigenvalue weighted by Gasteiger charge is 2.29. The minimum absolute atomic E-state index is 0.122. The van der Waals surface area contributed by atoms with E-state index in [4.69, 9.17) is 15.2 Å². The van der Waals surface area contributed by atoms with E-state index in [0.717, 1.165) is 11.1 Å². The summed E-state index contributed by atoms with van der Waals surface area (Å²) in [6.07, 6.45) is 0.111. The summed E-state index contributed by atoms with van der Waals surface area (Å²) in [6, 6.07) is 5.71. The maximum absolute atomic E-state index is 11.4. The quantitative estimate of drug-likeness (QED) is 0.810. The van der Waals surface area contributed by atoms with Crippen molar-refractivity contribution in [1.29, 1.82) is 0 Å². The number of nitrogens with two attached hydrogens (primary N) is 1. The van der Waals surface area contributed by atoms with Gasteiger partial charge in [-0.15, -0.1) is 0 Å². The predicted octanol–water partition coefficient (Wildman–Crippen LogP) is 1.71. The first kappa shape index (κ1) is 11.9. The Labute approximate surface area is 101 Å². The van der Waals surface area contributed by atoms with Crippen molar-refractivity contribution in [2.45, 2.75) is 32.4 Å². The third kappa shape index (κ3) is 2.58. The Balaban J connectivity index is 2.24. The second-order valence-electron chi connectivity index (χ2n) is 4.39. The van der Waals surface area contributed by atoms with Gasteiger partial charge < -0.3 is 15.2 Å². The first-order valence-electron chi connectivity index (χ1n) is 5.77. The second kappa shape index (κ2) is 4.75. The van der Waals surface area contributed by atoms with Crippen molar-refractivity contribution in [2.75, 3.05) is 6.61 Å². The predicted molar refractivity (Wildman–Crippen MR) is 63.8 cm³/mol. The number of aryl methyl sites for hydroxylation is 1. The van der Waals surface area contributed by atoms with Crippen LogP contribution >= 0.6 is 0 Å². The first-order valence-corrected chi connectivity index (χ1v) is 5.77. The van der Waals surface area contributed by atoms with Crippen LogP contribution in [0.3, 0.4) is 0 Å². The number of hydrogen-bond donors (Lipinski definition) is 1. The summed E-state index contributed by atoms with van der Waals surface area (Å²) in [4.78, 5) is 11.4. The van der Waals surface area contributed by atoms with Gasteiger partial charge in [-0.05, 0) is 25.5 Å². The van der Waals surface area contributed by atoms with Gasteiger partial charge in [0.15, 0.2) is 6.10 Å². The third-order valence-corrected chi connectivity index (χ3v) is 2.82. The van der Waals surface area contributed by atoms with Crippen molar-refractivity contribution in [3.63, 3.8) is 0 Å². The minimum Gasteiger partial charge on any atom is -0.478 e. The van der Waals surface area contributed by atoms with Crippen LogP contribution < -0.4 is 10.5 Å². The molecule has 1 aromatic rings. The Morgan fingerprint density at radius 3 is 2.88 bits per heavy atom. The van der Waals surface area contributed by atoms with Crippen molar-refractivity contribution >= 4 is 5.97 Å².